The highest BCUT2D eigenvalue weighted by atomic mass is 16.2. The maximum atomic E-state index is 12.7. The maximum absolute atomic E-state index is 12.7. The number of pyridine rings is 2. The molecule has 4 N–H and O–H groups in total. The molecule has 0 radical (unpaired) electrons. The van der Waals surface area contributed by atoms with Crippen molar-refractivity contribution in [1.29, 1.82) is 0 Å². The van der Waals surface area contributed by atoms with Crippen molar-refractivity contribution in [2.24, 2.45) is 11.8 Å². The van der Waals surface area contributed by atoms with Gasteiger partial charge in [-0.3, -0.25) is 29.1 Å². The number of amides is 4. The molecule has 0 fully saturated rings. The zero-order chi connectivity index (χ0) is 36.4. The van der Waals surface area contributed by atoms with Crippen LogP contribution in [0.5, 0.6) is 0 Å². The fraction of sp³-hybridized carbons (Fsp3) is 0.650. The van der Waals surface area contributed by atoms with Crippen LogP contribution in [0, 0.1) is 11.8 Å². The summed E-state index contributed by atoms with van der Waals surface area (Å²) in [7, 11) is 0. The van der Waals surface area contributed by atoms with Crippen molar-refractivity contribution in [2.45, 2.75) is 143 Å². The van der Waals surface area contributed by atoms with E-state index in [0.717, 1.165) is 25.7 Å². The summed E-state index contributed by atoms with van der Waals surface area (Å²) in [5, 5.41) is 11.7. The number of hydrogen-bond acceptors (Lipinski definition) is 6. The van der Waals surface area contributed by atoms with E-state index in [0.29, 0.717) is 24.2 Å². The molecule has 0 spiro atoms. The van der Waals surface area contributed by atoms with Crippen molar-refractivity contribution < 1.29 is 19.2 Å². The van der Waals surface area contributed by atoms with Gasteiger partial charge in [-0.15, -0.1) is 0 Å². The van der Waals surface area contributed by atoms with Gasteiger partial charge in [-0.05, 0) is 48.9 Å². The third kappa shape index (κ3) is 18.3. The summed E-state index contributed by atoms with van der Waals surface area (Å²) in [5.74, 6) is -0.761. The van der Waals surface area contributed by atoms with E-state index in [9.17, 15) is 19.2 Å². The molecule has 0 saturated heterocycles. The Balaban J connectivity index is 1.36. The Bertz CT molecular complexity index is 1130. The molecule has 0 aliphatic carbocycles. The highest BCUT2D eigenvalue weighted by molar-refractivity contribution is 5.98. The van der Waals surface area contributed by atoms with E-state index in [1.807, 2.05) is 27.7 Å². The summed E-state index contributed by atoms with van der Waals surface area (Å²) in [4.78, 5) is 58.2. The standard InChI is InChI=1S/C40H64N6O4/c1-31(2)35(45-37(47)33-21-27-41-28-22-33)39(49)43-25-19-17-15-13-11-9-7-5-6-8-10-12-14-16-18-20-26-44-40(50)36(32(3)4)46-38(48)34-23-29-42-30-24-34/h21-24,27-32,35-36H,5-20,25-26H2,1-4H3,(H,43,49)(H,44,50)(H,45,47)(H,46,48)/t35-,36-/m0/s1. The van der Waals surface area contributed by atoms with Crippen LogP contribution in [0.3, 0.4) is 0 Å². The minimum atomic E-state index is -0.556. The molecule has 2 atom stereocenters. The van der Waals surface area contributed by atoms with Crippen molar-refractivity contribution in [3.63, 3.8) is 0 Å². The highest BCUT2D eigenvalue weighted by Crippen LogP contribution is 2.14. The molecule has 10 nitrogen and oxygen atoms in total. The molecular weight excluding hydrogens is 628 g/mol. The predicted octanol–water partition coefficient (Wildman–Crippen LogP) is 7.16. The molecule has 0 aliphatic heterocycles. The Morgan fingerprint density at radius 2 is 0.720 bits per heavy atom. The van der Waals surface area contributed by atoms with E-state index >= 15 is 0 Å². The van der Waals surface area contributed by atoms with Gasteiger partial charge in [0, 0.05) is 49.0 Å². The summed E-state index contributed by atoms with van der Waals surface area (Å²) in [6.07, 6.45) is 25.7. The average molecular weight is 693 g/mol. The van der Waals surface area contributed by atoms with E-state index in [-0.39, 0.29) is 35.5 Å². The number of hydrogen-bond donors (Lipinski definition) is 4. The van der Waals surface area contributed by atoms with Gasteiger partial charge >= 0.3 is 0 Å². The number of nitrogens with one attached hydrogen (secondary N) is 4. The van der Waals surface area contributed by atoms with E-state index in [1.165, 1.54) is 77.0 Å². The number of carbonyl (C=O) groups excluding carboxylic acids is 4. The molecular formula is C40H64N6O4. The topological polar surface area (TPSA) is 142 Å². The average Bonchev–Trinajstić information content (AvgIpc) is 3.12. The van der Waals surface area contributed by atoms with E-state index in [4.69, 9.17) is 0 Å². The largest absolute Gasteiger partial charge is 0.354 e. The Morgan fingerprint density at radius 3 is 0.980 bits per heavy atom. The molecule has 2 heterocycles. The molecule has 0 saturated carbocycles. The van der Waals surface area contributed by atoms with Gasteiger partial charge in [-0.25, -0.2) is 0 Å². The zero-order valence-corrected chi connectivity index (χ0v) is 31.2. The number of rotatable bonds is 27. The SMILES string of the molecule is CC(C)[C@H](NC(=O)c1ccncc1)C(=O)NCCCCCCCCCCCCCCCCCCNC(=O)[C@@H](NC(=O)c1ccncc1)C(C)C. The minimum absolute atomic E-state index is 0.00267. The number of aromatic nitrogens is 2. The van der Waals surface area contributed by atoms with Gasteiger partial charge in [0.2, 0.25) is 11.8 Å². The van der Waals surface area contributed by atoms with Crippen LogP contribution < -0.4 is 21.3 Å². The second-order valence-electron chi connectivity index (χ2n) is 14.1. The van der Waals surface area contributed by atoms with Crippen molar-refractivity contribution in [3.05, 3.63) is 60.2 Å². The van der Waals surface area contributed by atoms with Crippen LogP contribution in [0.25, 0.3) is 0 Å². The van der Waals surface area contributed by atoms with Crippen molar-refractivity contribution in [1.82, 2.24) is 31.2 Å². The lowest BCUT2D eigenvalue weighted by Gasteiger charge is -2.21. The lowest BCUT2D eigenvalue weighted by atomic mass is 10.0. The summed E-state index contributed by atoms with van der Waals surface area (Å²) in [6.45, 7) is 9.03. The van der Waals surface area contributed by atoms with Crippen LogP contribution >= 0.6 is 0 Å². The zero-order valence-electron chi connectivity index (χ0n) is 31.2. The summed E-state index contributed by atoms with van der Waals surface area (Å²) < 4.78 is 0. The normalized spacial score (nSPS) is 12.4. The molecule has 0 unspecified atom stereocenters. The third-order valence-corrected chi connectivity index (χ3v) is 9.06. The first-order valence-corrected chi connectivity index (χ1v) is 19.2. The van der Waals surface area contributed by atoms with Gasteiger partial charge in [-0.2, -0.15) is 0 Å². The maximum Gasteiger partial charge on any atom is 0.252 e. The molecule has 2 rings (SSSR count). The molecule has 2 aromatic rings. The second-order valence-corrected chi connectivity index (χ2v) is 14.1. The van der Waals surface area contributed by atoms with Crippen LogP contribution in [0.4, 0.5) is 0 Å². The van der Waals surface area contributed by atoms with Gasteiger partial charge < -0.3 is 21.3 Å². The van der Waals surface area contributed by atoms with Crippen LogP contribution in [0.15, 0.2) is 49.1 Å². The van der Waals surface area contributed by atoms with Gasteiger partial charge in [0.05, 0.1) is 0 Å². The van der Waals surface area contributed by atoms with Crippen molar-refractivity contribution in [2.75, 3.05) is 13.1 Å². The Hall–Kier alpha value is -3.82. The van der Waals surface area contributed by atoms with Crippen LogP contribution in [-0.4, -0.2) is 58.8 Å². The van der Waals surface area contributed by atoms with Gasteiger partial charge in [0.15, 0.2) is 0 Å². The quantitative estimate of drug-likeness (QED) is 0.0733. The minimum Gasteiger partial charge on any atom is -0.354 e. The number of unbranched alkanes of at least 4 members (excludes halogenated alkanes) is 15. The molecule has 0 aliphatic rings. The van der Waals surface area contributed by atoms with Crippen LogP contribution in [0.1, 0.15) is 151 Å². The second kappa shape index (κ2) is 26.1. The summed E-state index contributed by atoms with van der Waals surface area (Å²) >= 11 is 0. The van der Waals surface area contributed by atoms with E-state index < -0.39 is 12.1 Å². The highest BCUT2D eigenvalue weighted by Gasteiger charge is 2.25. The lowest BCUT2D eigenvalue weighted by molar-refractivity contribution is -0.124. The van der Waals surface area contributed by atoms with Gasteiger partial charge in [-0.1, -0.05) is 118 Å². The van der Waals surface area contributed by atoms with Crippen molar-refractivity contribution in [3.8, 4) is 0 Å². The number of nitrogens with zero attached hydrogens (tertiary/aromatic N) is 2. The Kier molecular flexibility index (Phi) is 22.1. The summed E-state index contributed by atoms with van der Waals surface area (Å²) in [5.41, 5.74) is 1.00. The molecule has 278 valence electrons. The van der Waals surface area contributed by atoms with Gasteiger partial charge in [0.1, 0.15) is 12.1 Å². The number of carbonyl (C=O) groups is 4. The van der Waals surface area contributed by atoms with Crippen LogP contribution in [-0.2, 0) is 9.59 Å². The fourth-order valence-corrected chi connectivity index (χ4v) is 5.89. The molecule has 4 amide bonds. The molecule has 0 aromatic carbocycles. The first kappa shape index (κ1) is 42.3. The van der Waals surface area contributed by atoms with Crippen molar-refractivity contribution >= 4 is 23.6 Å². The lowest BCUT2D eigenvalue weighted by Crippen LogP contribution is -2.49. The first-order valence-electron chi connectivity index (χ1n) is 19.2. The molecule has 2 aromatic heterocycles. The third-order valence-electron chi connectivity index (χ3n) is 9.06. The Morgan fingerprint density at radius 1 is 0.460 bits per heavy atom. The smallest absolute Gasteiger partial charge is 0.252 e. The monoisotopic (exact) mass is 692 g/mol. The van der Waals surface area contributed by atoms with E-state index in [1.54, 1.807) is 49.1 Å². The summed E-state index contributed by atoms with van der Waals surface area (Å²) in [6, 6.07) is 5.46. The molecule has 50 heavy (non-hydrogen) atoms. The first-order chi connectivity index (χ1) is 24.2. The fourth-order valence-electron chi connectivity index (χ4n) is 5.89. The van der Waals surface area contributed by atoms with Gasteiger partial charge in [0.25, 0.3) is 11.8 Å². The molecule has 10 heteroatoms. The Labute approximate surface area is 301 Å². The van der Waals surface area contributed by atoms with Crippen LogP contribution in [0.2, 0.25) is 0 Å². The molecule has 0 bridgehead atoms. The predicted molar refractivity (Wildman–Crippen MR) is 201 cm³/mol. The van der Waals surface area contributed by atoms with E-state index in [2.05, 4.69) is 31.2 Å².